The summed E-state index contributed by atoms with van der Waals surface area (Å²) in [6, 6.07) is 0. The Bertz CT molecular complexity index is 1440. The van der Waals surface area contributed by atoms with Gasteiger partial charge < -0.3 is 14.2 Å². The molecule has 1 unspecified atom stereocenters. The number of rotatable bonds is 55. The van der Waals surface area contributed by atoms with E-state index in [1.54, 1.807) is 0 Å². The first-order valence-corrected chi connectivity index (χ1v) is 30.7. The summed E-state index contributed by atoms with van der Waals surface area (Å²) in [6.07, 6.45) is 81.2. The summed E-state index contributed by atoms with van der Waals surface area (Å²) in [7, 11) is 0. The minimum Gasteiger partial charge on any atom is -0.462 e. The molecule has 6 nitrogen and oxygen atoms in total. The van der Waals surface area contributed by atoms with Crippen LogP contribution in [0.2, 0.25) is 0 Å². The quantitative estimate of drug-likeness (QED) is 0.0261. The number of hydrogen-bond donors (Lipinski definition) is 0. The molecule has 0 aromatic heterocycles. The van der Waals surface area contributed by atoms with Crippen molar-refractivity contribution in [3.8, 4) is 0 Å². The third-order valence-electron chi connectivity index (χ3n) is 13.1. The monoisotopic (exact) mass is 1010 g/mol. The Labute approximate surface area is 451 Å². The van der Waals surface area contributed by atoms with Gasteiger partial charge in [-0.2, -0.15) is 0 Å². The fraction of sp³-hybridized carbons (Fsp3) is 0.716. The lowest BCUT2D eigenvalue weighted by Gasteiger charge is -2.18. The average molecular weight is 1020 g/mol. The first kappa shape index (κ1) is 69.3. The summed E-state index contributed by atoms with van der Waals surface area (Å²) in [6.45, 7) is 6.49. The van der Waals surface area contributed by atoms with Crippen LogP contribution in [0.4, 0.5) is 0 Å². The first-order valence-electron chi connectivity index (χ1n) is 30.7. The van der Waals surface area contributed by atoms with E-state index in [1.165, 1.54) is 135 Å². The zero-order valence-electron chi connectivity index (χ0n) is 47.9. The fourth-order valence-electron chi connectivity index (χ4n) is 8.48. The number of unbranched alkanes of at least 4 members (excludes halogenated alkanes) is 28. The number of hydrogen-bond acceptors (Lipinski definition) is 6. The molecule has 0 amide bonds. The number of carbonyl (C=O) groups is 3. The number of ether oxygens (including phenoxy) is 3. The molecular formula is C67H114O6. The fourth-order valence-corrected chi connectivity index (χ4v) is 8.48. The third-order valence-corrected chi connectivity index (χ3v) is 13.1. The lowest BCUT2D eigenvalue weighted by atomic mass is 10.1. The normalized spacial score (nSPS) is 12.8. The summed E-state index contributed by atoms with van der Waals surface area (Å²) in [5.41, 5.74) is 0. The molecule has 0 aliphatic rings. The maximum atomic E-state index is 12.9. The molecule has 0 N–H and O–H groups in total. The molecule has 0 rings (SSSR count). The van der Waals surface area contributed by atoms with Gasteiger partial charge in [0.15, 0.2) is 6.10 Å². The first-order chi connectivity index (χ1) is 36.0. The summed E-state index contributed by atoms with van der Waals surface area (Å²) in [4.78, 5) is 38.1. The van der Waals surface area contributed by atoms with E-state index in [-0.39, 0.29) is 31.1 Å². The van der Waals surface area contributed by atoms with Gasteiger partial charge >= 0.3 is 17.9 Å². The molecule has 418 valence electrons. The van der Waals surface area contributed by atoms with Gasteiger partial charge in [-0.3, -0.25) is 14.4 Å². The van der Waals surface area contributed by atoms with Crippen molar-refractivity contribution < 1.29 is 28.6 Å². The van der Waals surface area contributed by atoms with Crippen LogP contribution >= 0.6 is 0 Å². The minimum atomic E-state index is -0.786. The highest BCUT2D eigenvalue weighted by molar-refractivity contribution is 5.71. The standard InChI is InChI=1S/C67H114O6/c1-4-7-10-13-16-19-21-23-25-27-29-31-33-35-37-39-41-43-45-48-51-54-57-60-66(69)72-63-64(62-71-65(68)59-56-53-50-47-18-15-12-9-6-3)73-67(70)61-58-55-52-49-46-44-42-40-38-36-34-32-30-28-26-24-22-20-17-14-11-8-5-2/h7,10,16,19,22-25,28-31,34-37,64H,4-6,8-9,11-15,17-18,20-21,26-27,32-33,38-63H2,1-3H3/b10-7-,19-16-,24-22-,25-23-,30-28-,31-29-,36-34-,37-35-. The summed E-state index contributed by atoms with van der Waals surface area (Å²) in [5.74, 6) is -0.898. The molecule has 6 heteroatoms. The van der Waals surface area contributed by atoms with Gasteiger partial charge in [0.05, 0.1) is 0 Å². The van der Waals surface area contributed by atoms with Gasteiger partial charge in [0.25, 0.3) is 0 Å². The molecule has 0 heterocycles. The van der Waals surface area contributed by atoms with E-state index in [0.717, 1.165) is 116 Å². The van der Waals surface area contributed by atoms with Gasteiger partial charge in [-0.05, 0) is 103 Å². The van der Waals surface area contributed by atoms with Crippen LogP contribution in [0.3, 0.4) is 0 Å². The third kappa shape index (κ3) is 59.1. The van der Waals surface area contributed by atoms with Gasteiger partial charge in [-0.25, -0.2) is 0 Å². The topological polar surface area (TPSA) is 78.9 Å². The number of allylic oxidation sites excluding steroid dienone is 16. The van der Waals surface area contributed by atoms with Crippen LogP contribution in [-0.2, 0) is 28.6 Å². The lowest BCUT2D eigenvalue weighted by Crippen LogP contribution is -2.30. The summed E-state index contributed by atoms with van der Waals surface area (Å²) in [5, 5.41) is 0. The Hall–Kier alpha value is -3.67. The molecule has 0 spiro atoms. The van der Waals surface area contributed by atoms with E-state index in [1.807, 2.05) is 0 Å². The maximum Gasteiger partial charge on any atom is 0.306 e. The smallest absolute Gasteiger partial charge is 0.306 e. The zero-order valence-corrected chi connectivity index (χ0v) is 47.9. The zero-order chi connectivity index (χ0) is 52.9. The predicted molar refractivity (Wildman–Crippen MR) is 316 cm³/mol. The van der Waals surface area contributed by atoms with Gasteiger partial charge in [-0.15, -0.1) is 0 Å². The SMILES string of the molecule is CC/C=C\C/C=C\C/C=C\C/C=C\C/C=C\CCCCCCCCCC(=O)OCC(COC(=O)CCCCCCCCCCC)OC(=O)CCCCCCCCCC/C=C\C/C=C\C/C=C\CCCCCCC. The van der Waals surface area contributed by atoms with Crippen molar-refractivity contribution in [3.05, 3.63) is 97.2 Å². The van der Waals surface area contributed by atoms with Crippen molar-refractivity contribution in [1.82, 2.24) is 0 Å². The van der Waals surface area contributed by atoms with Crippen LogP contribution in [0, 0.1) is 0 Å². The lowest BCUT2D eigenvalue weighted by molar-refractivity contribution is -0.167. The van der Waals surface area contributed by atoms with Crippen LogP contribution in [-0.4, -0.2) is 37.2 Å². The van der Waals surface area contributed by atoms with Gasteiger partial charge in [0.1, 0.15) is 13.2 Å². The highest BCUT2D eigenvalue weighted by Gasteiger charge is 2.19. The molecule has 0 aromatic carbocycles. The maximum absolute atomic E-state index is 12.9. The summed E-state index contributed by atoms with van der Waals surface area (Å²) < 4.78 is 16.9. The van der Waals surface area contributed by atoms with E-state index in [2.05, 4.69) is 118 Å². The van der Waals surface area contributed by atoms with Crippen molar-refractivity contribution in [2.24, 2.45) is 0 Å². The van der Waals surface area contributed by atoms with Crippen LogP contribution in [0.25, 0.3) is 0 Å². The molecule has 0 aromatic rings. The number of esters is 3. The molecular weight excluding hydrogens is 901 g/mol. The second-order valence-electron chi connectivity index (χ2n) is 20.2. The van der Waals surface area contributed by atoms with Crippen LogP contribution in [0.15, 0.2) is 97.2 Å². The van der Waals surface area contributed by atoms with Crippen molar-refractivity contribution >= 4 is 17.9 Å². The average Bonchev–Trinajstić information content (AvgIpc) is 3.39. The van der Waals surface area contributed by atoms with E-state index < -0.39 is 6.10 Å². The summed E-state index contributed by atoms with van der Waals surface area (Å²) >= 11 is 0. The van der Waals surface area contributed by atoms with Gasteiger partial charge in [0, 0.05) is 19.3 Å². The number of carbonyl (C=O) groups excluding carboxylic acids is 3. The van der Waals surface area contributed by atoms with Gasteiger partial charge in [-0.1, -0.05) is 266 Å². The Morgan fingerprint density at radius 3 is 0.836 bits per heavy atom. The highest BCUT2D eigenvalue weighted by atomic mass is 16.6. The van der Waals surface area contributed by atoms with Crippen molar-refractivity contribution in [1.29, 1.82) is 0 Å². The van der Waals surface area contributed by atoms with Crippen molar-refractivity contribution in [2.45, 2.75) is 297 Å². The molecule has 0 saturated heterocycles. The Morgan fingerprint density at radius 1 is 0.288 bits per heavy atom. The van der Waals surface area contributed by atoms with Crippen molar-refractivity contribution in [3.63, 3.8) is 0 Å². The molecule has 0 radical (unpaired) electrons. The van der Waals surface area contributed by atoms with E-state index in [0.29, 0.717) is 19.3 Å². The van der Waals surface area contributed by atoms with Gasteiger partial charge in [0.2, 0.25) is 0 Å². The predicted octanol–water partition coefficient (Wildman–Crippen LogP) is 20.9. The Kier molecular flexibility index (Phi) is 57.8. The van der Waals surface area contributed by atoms with E-state index in [9.17, 15) is 14.4 Å². The molecule has 0 bridgehead atoms. The second kappa shape index (κ2) is 60.9. The van der Waals surface area contributed by atoms with E-state index in [4.69, 9.17) is 14.2 Å². The minimum absolute atomic E-state index is 0.0829. The molecule has 0 aliphatic carbocycles. The largest absolute Gasteiger partial charge is 0.462 e. The molecule has 73 heavy (non-hydrogen) atoms. The molecule has 0 aliphatic heterocycles. The molecule has 1 atom stereocenters. The van der Waals surface area contributed by atoms with Crippen LogP contribution < -0.4 is 0 Å². The highest BCUT2D eigenvalue weighted by Crippen LogP contribution is 2.15. The Morgan fingerprint density at radius 2 is 0.534 bits per heavy atom. The van der Waals surface area contributed by atoms with Crippen LogP contribution in [0.1, 0.15) is 290 Å². The Balaban J connectivity index is 4.29. The van der Waals surface area contributed by atoms with Crippen LogP contribution in [0.5, 0.6) is 0 Å². The molecule has 0 fully saturated rings. The van der Waals surface area contributed by atoms with Crippen molar-refractivity contribution in [2.75, 3.05) is 13.2 Å². The molecule has 0 saturated carbocycles. The second-order valence-corrected chi connectivity index (χ2v) is 20.2. The van der Waals surface area contributed by atoms with E-state index >= 15 is 0 Å².